The van der Waals surface area contributed by atoms with Crippen molar-refractivity contribution in [1.29, 1.82) is 0 Å². The Morgan fingerprint density at radius 2 is 1.92 bits per heavy atom. The second-order valence-electron chi connectivity index (χ2n) is 11.1. The molecule has 1 aromatic carbocycles. The number of methoxy groups -OCH3 is 1. The van der Waals surface area contributed by atoms with Gasteiger partial charge in [0.1, 0.15) is 6.54 Å². The van der Waals surface area contributed by atoms with Gasteiger partial charge >= 0.3 is 5.97 Å². The summed E-state index contributed by atoms with van der Waals surface area (Å²) in [7, 11) is 1.65. The number of hydrogen-bond donors (Lipinski definition) is 1. The molecular weight excluding hydrogens is 557 g/mol. The minimum absolute atomic E-state index is 0.00945. The number of esters is 1. The lowest BCUT2D eigenvalue weighted by Crippen LogP contribution is -2.42. The Morgan fingerprint density at radius 3 is 2.62 bits per heavy atom. The summed E-state index contributed by atoms with van der Waals surface area (Å²) in [5, 5.41) is 1.22. The van der Waals surface area contributed by atoms with E-state index in [1.54, 1.807) is 37.1 Å². The average molecular weight is 589 g/mol. The number of nitrogens with zero attached hydrogens (tertiary/aromatic N) is 1. The summed E-state index contributed by atoms with van der Waals surface area (Å²) in [6.45, 7) is 6.42. The minimum atomic E-state index is -0.544. The van der Waals surface area contributed by atoms with Crippen LogP contribution in [-0.2, 0) is 19.1 Å². The highest BCUT2D eigenvalue weighted by atomic mass is 32.2. The molecule has 4 aliphatic rings. The summed E-state index contributed by atoms with van der Waals surface area (Å²) in [5.41, 5.74) is 1.09. The summed E-state index contributed by atoms with van der Waals surface area (Å²) in [6.07, 6.45) is 0.835. The number of ether oxygens (including phenoxy) is 3. The van der Waals surface area contributed by atoms with E-state index >= 15 is 0 Å². The molecule has 7 atom stereocenters. The maximum Gasteiger partial charge on any atom is 0.326 e. The fourth-order valence-electron chi connectivity index (χ4n) is 7.20. The van der Waals surface area contributed by atoms with Crippen molar-refractivity contribution in [3.8, 4) is 11.5 Å². The van der Waals surface area contributed by atoms with Gasteiger partial charge in [-0.2, -0.15) is 0 Å². The number of amides is 2. The quantitative estimate of drug-likeness (QED) is 0.265. The number of rotatable bonds is 8. The normalized spacial score (nSPS) is 30.4. The third-order valence-corrected chi connectivity index (χ3v) is 11.5. The van der Waals surface area contributed by atoms with Gasteiger partial charge in [0, 0.05) is 16.0 Å². The zero-order valence-electron chi connectivity index (χ0n) is 22.3. The number of carbonyl (C=O) groups excluding carboxylic acids is 3. The second-order valence-corrected chi connectivity index (χ2v) is 14.1. The molecule has 0 radical (unpaired) electrons. The van der Waals surface area contributed by atoms with Crippen molar-refractivity contribution in [3.63, 3.8) is 0 Å². The number of thiazole rings is 1. The summed E-state index contributed by atoms with van der Waals surface area (Å²) in [4.78, 5) is 45.0. The third-order valence-electron chi connectivity index (χ3n) is 8.53. The van der Waals surface area contributed by atoms with Crippen molar-refractivity contribution in [3.05, 3.63) is 32.6 Å². The van der Waals surface area contributed by atoms with Crippen molar-refractivity contribution in [2.75, 3.05) is 26.9 Å². The van der Waals surface area contributed by atoms with E-state index in [0.29, 0.717) is 24.0 Å². The number of hydrogen-bond acceptors (Lipinski definition) is 9. The summed E-state index contributed by atoms with van der Waals surface area (Å²) in [5.74, 6) is 0.265. The molecule has 3 heterocycles. The molecule has 1 saturated heterocycles. The lowest BCUT2D eigenvalue weighted by Gasteiger charge is -2.43. The first kappa shape index (κ1) is 26.8. The van der Waals surface area contributed by atoms with Gasteiger partial charge in [0.15, 0.2) is 15.5 Å². The van der Waals surface area contributed by atoms with E-state index in [9.17, 15) is 14.4 Å². The number of aromatic amines is 1. The fraction of sp³-hybridized carbons (Fsp3) is 0.571. The highest BCUT2D eigenvalue weighted by molar-refractivity contribution is 8.00. The molecule has 6 rings (SSSR count). The van der Waals surface area contributed by atoms with Gasteiger partial charge in [-0.1, -0.05) is 19.9 Å². The van der Waals surface area contributed by atoms with Crippen LogP contribution in [0.15, 0.2) is 23.2 Å². The van der Waals surface area contributed by atoms with E-state index in [0.717, 1.165) is 25.9 Å². The van der Waals surface area contributed by atoms with Crippen molar-refractivity contribution in [2.24, 2.45) is 35.5 Å². The van der Waals surface area contributed by atoms with Crippen molar-refractivity contribution in [1.82, 2.24) is 9.88 Å². The number of imide groups is 1. The maximum atomic E-state index is 13.6. The molecule has 8 nitrogen and oxygen atoms in total. The molecule has 2 saturated carbocycles. The van der Waals surface area contributed by atoms with Gasteiger partial charge in [0.25, 0.3) is 0 Å². The number of aromatic nitrogens is 1. The second kappa shape index (κ2) is 10.2. The smallest absolute Gasteiger partial charge is 0.326 e. The van der Waals surface area contributed by atoms with E-state index in [2.05, 4.69) is 31.0 Å². The molecule has 7 unspecified atom stereocenters. The van der Waals surface area contributed by atoms with Gasteiger partial charge in [-0.05, 0) is 66.9 Å². The lowest BCUT2D eigenvalue weighted by atomic mass is 9.68. The third kappa shape index (κ3) is 4.32. The number of nitrogens with one attached hydrogen (secondary N) is 1. The number of likely N-dealkylation sites (tertiary alicyclic amines) is 1. The Bertz CT molecular complexity index is 1390. The molecule has 11 heteroatoms. The molecule has 208 valence electrons. The van der Waals surface area contributed by atoms with Crippen molar-refractivity contribution < 1.29 is 28.6 Å². The zero-order valence-corrected chi connectivity index (χ0v) is 24.8. The van der Waals surface area contributed by atoms with Crippen LogP contribution >= 0.6 is 35.3 Å². The summed E-state index contributed by atoms with van der Waals surface area (Å²) < 4.78 is 17.5. The van der Waals surface area contributed by atoms with Crippen LogP contribution in [0.3, 0.4) is 0 Å². The Morgan fingerprint density at radius 1 is 1.18 bits per heavy atom. The van der Waals surface area contributed by atoms with Gasteiger partial charge in [-0.3, -0.25) is 19.3 Å². The maximum absolute atomic E-state index is 13.6. The van der Waals surface area contributed by atoms with Crippen molar-refractivity contribution >= 4 is 53.1 Å². The molecule has 0 spiro atoms. The van der Waals surface area contributed by atoms with Crippen LogP contribution in [0.2, 0.25) is 0 Å². The Kier molecular flexibility index (Phi) is 7.04. The molecule has 2 bridgehead atoms. The zero-order chi connectivity index (χ0) is 27.6. The fourth-order valence-corrected chi connectivity index (χ4v) is 10.5. The molecule has 1 aromatic heterocycles. The average Bonchev–Trinajstić information content (AvgIpc) is 3.63. The van der Waals surface area contributed by atoms with E-state index in [-0.39, 0.29) is 59.8 Å². The standard InChI is InChI=1S/C28H32N2O6S3/c1-5-35-18(31)10-30-26(32)21-14-9-15(22(21)27(30)33)23-20(14)19(24-25(38-23)29-28(37)39-24)13-6-7-16(17(8-13)34-4)36-11-12(2)3/h6-8,12,14-15,19-23H,5,9-11H2,1-4H3,(H,29,37). The van der Waals surface area contributed by atoms with Crippen LogP contribution in [0.1, 0.15) is 43.6 Å². The first-order chi connectivity index (χ1) is 18.7. The Labute approximate surface area is 240 Å². The Balaban J connectivity index is 1.37. The van der Waals surface area contributed by atoms with Gasteiger partial charge in [-0.15, -0.1) is 23.1 Å². The van der Waals surface area contributed by atoms with Gasteiger partial charge in [0.2, 0.25) is 11.8 Å². The number of H-pyrrole nitrogens is 1. The van der Waals surface area contributed by atoms with E-state index < -0.39 is 11.9 Å². The van der Waals surface area contributed by atoms with Crippen LogP contribution in [0.25, 0.3) is 0 Å². The van der Waals surface area contributed by atoms with Gasteiger partial charge < -0.3 is 19.2 Å². The number of carbonyl (C=O) groups is 3. The van der Waals surface area contributed by atoms with E-state index in [4.69, 9.17) is 26.4 Å². The molecule has 39 heavy (non-hydrogen) atoms. The largest absolute Gasteiger partial charge is 0.493 e. The van der Waals surface area contributed by atoms with Crippen LogP contribution < -0.4 is 9.47 Å². The predicted molar refractivity (Wildman–Crippen MR) is 150 cm³/mol. The number of fused-ring (bicyclic) bond motifs is 9. The predicted octanol–water partition coefficient (Wildman–Crippen LogP) is 4.89. The van der Waals surface area contributed by atoms with Crippen LogP contribution in [-0.4, -0.2) is 59.8 Å². The van der Waals surface area contributed by atoms with Crippen LogP contribution in [0.5, 0.6) is 11.5 Å². The molecule has 1 N–H and O–H groups in total. The monoisotopic (exact) mass is 588 g/mol. The lowest BCUT2D eigenvalue weighted by molar-refractivity contribution is -0.153. The molecule has 2 amide bonds. The van der Waals surface area contributed by atoms with Crippen LogP contribution in [0.4, 0.5) is 0 Å². The van der Waals surface area contributed by atoms with Crippen LogP contribution in [0, 0.1) is 39.5 Å². The minimum Gasteiger partial charge on any atom is -0.493 e. The number of thioether (sulfide) groups is 1. The van der Waals surface area contributed by atoms with Gasteiger partial charge in [-0.25, -0.2) is 0 Å². The first-order valence-electron chi connectivity index (χ1n) is 13.4. The number of benzene rings is 1. The molecule has 2 aromatic rings. The summed E-state index contributed by atoms with van der Waals surface area (Å²) >= 11 is 8.91. The first-order valence-corrected chi connectivity index (χ1v) is 15.5. The van der Waals surface area contributed by atoms with Gasteiger partial charge in [0.05, 0.1) is 37.2 Å². The molecule has 3 fully saturated rings. The highest BCUT2D eigenvalue weighted by Crippen LogP contribution is 2.69. The van der Waals surface area contributed by atoms with E-state index in [1.165, 1.54) is 4.88 Å². The molecular formula is C28H32N2O6S3. The molecule has 2 aliphatic carbocycles. The Hall–Kier alpha value is -2.37. The van der Waals surface area contributed by atoms with Crippen molar-refractivity contribution in [2.45, 2.75) is 43.4 Å². The van der Waals surface area contributed by atoms with E-state index in [1.807, 2.05) is 6.07 Å². The summed E-state index contributed by atoms with van der Waals surface area (Å²) in [6, 6.07) is 6.12. The highest BCUT2D eigenvalue weighted by Gasteiger charge is 2.69. The topological polar surface area (TPSA) is 97.9 Å². The SMILES string of the molecule is CCOC(=O)CN1C(=O)C2C3CC(C2C1=O)C1C(c2ccc(OCC(C)C)c(OC)c2)c2sc(=S)[nH]c2SC31. The molecule has 2 aliphatic heterocycles.